The second kappa shape index (κ2) is 5.95. The molecule has 3 rings (SSSR count). The average Bonchev–Trinajstić information content (AvgIpc) is 2.89. The highest BCUT2D eigenvalue weighted by Crippen LogP contribution is 2.29. The third kappa shape index (κ3) is 3.22. The van der Waals surface area contributed by atoms with Gasteiger partial charge in [0.1, 0.15) is 5.75 Å². The van der Waals surface area contributed by atoms with Crippen LogP contribution in [-0.4, -0.2) is 21.1 Å². The van der Waals surface area contributed by atoms with Crippen LogP contribution in [0.4, 0.5) is 17.6 Å². The number of benzene rings is 1. The van der Waals surface area contributed by atoms with Crippen molar-refractivity contribution in [1.82, 2.24) is 14.8 Å². The van der Waals surface area contributed by atoms with E-state index in [1.54, 1.807) is 6.92 Å². The van der Waals surface area contributed by atoms with E-state index < -0.39 is 12.2 Å². The Morgan fingerprint density at radius 1 is 1.08 bits per heavy atom. The Bertz CT molecular complexity index is 857. The van der Waals surface area contributed by atoms with Crippen LogP contribution in [0.5, 0.6) is 5.75 Å². The summed E-state index contributed by atoms with van der Waals surface area (Å²) in [6.45, 7) is 1.72. The molecule has 124 valence electrons. The third-order valence-corrected chi connectivity index (χ3v) is 3.35. The molecule has 2 heterocycles. The van der Waals surface area contributed by atoms with E-state index in [9.17, 15) is 17.6 Å². The Hall–Kier alpha value is -2.90. The molecule has 2 aromatic heterocycles. The largest absolute Gasteiger partial charge is 0.573 e. The van der Waals surface area contributed by atoms with Crippen molar-refractivity contribution in [2.45, 2.75) is 13.3 Å². The second-order valence-corrected chi connectivity index (χ2v) is 4.94. The summed E-state index contributed by atoms with van der Waals surface area (Å²) >= 11 is 0. The smallest absolute Gasteiger partial charge is 0.406 e. The average molecular weight is 337 g/mol. The highest BCUT2D eigenvalue weighted by molar-refractivity contribution is 5.66. The predicted molar refractivity (Wildman–Crippen MR) is 78.2 cm³/mol. The summed E-state index contributed by atoms with van der Waals surface area (Å²) in [6, 6.07) is 8.11. The van der Waals surface area contributed by atoms with Crippen LogP contribution < -0.4 is 4.74 Å². The standard InChI is InChI=1S/C16H11F4N3O/c1-10-13(9-22-23(10)15-14(17)3-2-8-21-15)11-4-6-12(7-5-11)24-16(18,19)20/h2-9H,1H3. The van der Waals surface area contributed by atoms with Gasteiger partial charge < -0.3 is 4.74 Å². The zero-order chi connectivity index (χ0) is 17.3. The molecule has 0 aliphatic rings. The molecule has 0 N–H and O–H groups in total. The topological polar surface area (TPSA) is 39.9 Å². The molecular weight excluding hydrogens is 326 g/mol. The molecule has 24 heavy (non-hydrogen) atoms. The van der Waals surface area contributed by atoms with E-state index in [0.717, 1.165) is 0 Å². The predicted octanol–water partition coefficient (Wildman–Crippen LogP) is 4.28. The van der Waals surface area contributed by atoms with Crippen molar-refractivity contribution < 1.29 is 22.3 Å². The summed E-state index contributed by atoms with van der Waals surface area (Å²) in [5, 5.41) is 4.11. The van der Waals surface area contributed by atoms with Gasteiger partial charge in [-0.05, 0) is 36.8 Å². The first-order valence-electron chi connectivity index (χ1n) is 6.87. The zero-order valence-corrected chi connectivity index (χ0v) is 12.4. The van der Waals surface area contributed by atoms with Crippen LogP contribution in [0.15, 0.2) is 48.8 Å². The minimum absolute atomic E-state index is 0.0540. The first kappa shape index (κ1) is 16.0. The van der Waals surface area contributed by atoms with Gasteiger partial charge in [-0.3, -0.25) is 0 Å². The quantitative estimate of drug-likeness (QED) is 0.670. The number of ether oxygens (including phenoxy) is 1. The maximum Gasteiger partial charge on any atom is 0.573 e. The van der Waals surface area contributed by atoms with Crippen LogP contribution in [0.2, 0.25) is 0 Å². The molecule has 4 nitrogen and oxygen atoms in total. The fourth-order valence-electron chi connectivity index (χ4n) is 2.28. The molecular formula is C16H11F4N3O. The lowest BCUT2D eigenvalue weighted by atomic mass is 10.1. The van der Waals surface area contributed by atoms with Crippen LogP contribution in [0.25, 0.3) is 16.9 Å². The molecule has 0 spiro atoms. The highest BCUT2D eigenvalue weighted by Gasteiger charge is 2.31. The maximum atomic E-state index is 13.8. The van der Waals surface area contributed by atoms with Gasteiger partial charge in [0.2, 0.25) is 0 Å². The normalized spacial score (nSPS) is 11.5. The van der Waals surface area contributed by atoms with Crippen molar-refractivity contribution in [3.8, 4) is 22.7 Å². The SMILES string of the molecule is Cc1c(-c2ccc(OC(F)(F)F)cc2)cnn1-c1ncccc1F. The Morgan fingerprint density at radius 3 is 2.42 bits per heavy atom. The summed E-state index contributed by atoms with van der Waals surface area (Å²) in [5.41, 5.74) is 1.89. The molecule has 8 heteroatoms. The van der Waals surface area contributed by atoms with Gasteiger partial charge in [-0.15, -0.1) is 13.2 Å². The van der Waals surface area contributed by atoms with E-state index in [1.165, 1.54) is 53.5 Å². The summed E-state index contributed by atoms with van der Waals surface area (Å²) in [6.07, 6.45) is -1.79. The minimum atomic E-state index is -4.74. The number of alkyl halides is 3. The van der Waals surface area contributed by atoms with Gasteiger partial charge in [-0.25, -0.2) is 14.1 Å². The van der Waals surface area contributed by atoms with Crippen LogP contribution >= 0.6 is 0 Å². The number of hydrogen-bond acceptors (Lipinski definition) is 3. The van der Waals surface area contributed by atoms with Crippen molar-refractivity contribution in [3.63, 3.8) is 0 Å². The van der Waals surface area contributed by atoms with Crippen LogP contribution in [0.1, 0.15) is 5.69 Å². The van der Waals surface area contributed by atoms with Crippen molar-refractivity contribution >= 4 is 0 Å². The molecule has 0 radical (unpaired) electrons. The number of pyridine rings is 1. The minimum Gasteiger partial charge on any atom is -0.406 e. The van der Waals surface area contributed by atoms with Crippen molar-refractivity contribution in [3.05, 3.63) is 60.3 Å². The monoisotopic (exact) mass is 337 g/mol. The van der Waals surface area contributed by atoms with Crippen LogP contribution in [0, 0.1) is 12.7 Å². The number of aromatic nitrogens is 3. The molecule has 0 unspecified atom stereocenters. The molecule has 0 aliphatic carbocycles. The lowest BCUT2D eigenvalue weighted by Gasteiger charge is -2.09. The van der Waals surface area contributed by atoms with E-state index in [1.807, 2.05) is 0 Å². The number of nitrogens with zero attached hydrogens (tertiary/aromatic N) is 3. The van der Waals surface area contributed by atoms with E-state index in [4.69, 9.17) is 0 Å². The van der Waals surface area contributed by atoms with Gasteiger partial charge in [0.05, 0.1) is 11.9 Å². The number of halogens is 4. The molecule has 0 bridgehead atoms. The van der Waals surface area contributed by atoms with E-state index in [0.29, 0.717) is 16.8 Å². The fraction of sp³-hybridized carbons (Fsp3) is 0.125. The lowest BCUT2D eigenvalue weighted by Crippen LogP contribution is -2.16. The van der Waals surface area contributed by atoms with Crippen molar-refractivity contribution in [2.75, 3.05) is 0 Å². The van der Waals surface area contributed by atoms with E-state index in [-0.39, 0.29) is 11.6 Å². The van der Waals surface area contributed by atoms with Gasteiger partial charge in [0.25, 0.3) is 0 Å². The van der Waals surface area contributed by atoms with Gasteiger partial charge in [-0.1, -0.05) is 12.1 Å². The molecule has 0 saturated carbocycles. The van der Waals surface area contributed by atoms with Crippen LogP contribution in [0.3, 0.4) is 0 Å². The third-order valence-electron chi connectivity index (χ3n) is 3.35. The van der Waals surface area contributed by atoms with E-state index in [2.05, 4.69) is 14.8 Å². The van der Waals surface area contributed by atoms with Crippen molar-refractivity contribution in [2.24, 2.45) is 0 Å². The Morgan fingerprint density at radius 2 is 1.79 bits per heavy atom. The van der Waals surface area contributed by atoms with Gasteiger partial charge >= 0.3 is 6.36 Å². The second-order valence-electron chi connectivity index (χ2n) is 4.94. The Kier molecular flexibility index (Phi) is 3.96. The number of rotatable bonds is 3. The number of hydrogen-bond donors (Lipinski definition) is 0. The van der Waals surface area contributed by atoms with Crippen molar-refractivity contribution in [1.29, 1.82) is 0 Å². The fourth-order valence-corrected chi connectivity index (χ4v) is 2.28. The van der Waals surface area contributed by atoms with Gasteiger partial charge in [-0.2, -0.15) is 5.10 Å². The summed E-state index contributed by atoms with van der Waals surface area (Å²) in [4.78, 5) is 3.95. The Labute approximate surface area is 134 Å². The molecule has 0 aliphatic heterocycles. The molecule has 0 fully saturated rings. The van der Waals surface area contributed by atoms with Crippen LogP contribution in [-0.2, 0) is 0 Å². The summed E-state index contributed by atoms with van der Waals surface area (Å²) in [5.74, 6) is -0.783. The van der Waals surface area contributed by atoms with Gasteiger partial charge in [0, 0.05) is 11.8 Å². The van der Waals surface area contributed by atoms with Gasteiger partial charge in [0.15, 0.2) is 11.6 Å². The lowest BCUT2D eigenvalue weighted by molar-refractivity contribution is -0.274. The van der Waals surface area contributed by atoms with E-state index >= 15 is 0 Å². The molecule has 0 saturated heterocycles. The highest BCUT2D eigenvalue weighted by atomic mass is 19.4. The molecule has 3 aromatic rings. The first-order chi connectivity index (χ1) is 11.3. The molecule has 1 aromatic carbocycles. The molecule has 0 atom stereocenters. The first-order valence-corrected chi connectivity index (χ1v) is 6.87. The summed E-state index contributed by atoms with van der Waals surface area (Å²) in [7, 11) is 0. The molecule has 0 amide bonds. The maximum absolute atomic E-state index is 13.8. The zero-order valence-electron chi connectivity index (χ0n) is 12.4. The summed E-state index contributed by atoms with van der Waals surface area (Å²) < 4.78 is 55.5. The Balaban J connectivity index is 1.93.